The summed E-state index contributed by atoms with van der Waals surface area (Å²) in [5.74, 6) is 0.151. The predicted molar refractivity (Wildman–Crippen MR) is 96.5 cm³/mol. The van der Waals surface area contributed by atoms with E-state index in [9.17, 15) is 4.79 Å². The number of aromatic nitrogens is 1. The van der Waals surface area contributed by atoms with Crippen molar-refractivity contribution in [2.45, 2.75) is 38.6 Å². The molecule has 1 heterocycles. The van der Waals surface area contributed by atoms with E-state index in [4.69, 9.17) is 4.74 Å². The minimum atomic E-state index is 0.0430. The molecule has 1 aromatic carbocycles. The van der Waals surface area contributed by atoms with Crippen LogP contribution in [0.25, 0.3) is 10.2 Å². The number of ether oxygens (including phenoxy) is 1. The number of carbonyl (C=O) groups excluding carboxylic acids is 1. The lowest BCUT2D eigenvalue weighted by molar-refractivity contribution is -0.122. The van der Waals surface area contributed by atoms with Crippen LogP contribution in [0.4, 0.5) is 0 Å². The number of hydrogen-bond acceptors (Lipinski definition) is 3. The summed E-state index contributed by atoms with van der Waals surface area (Å²) in [6.45, 7) is 1.31. The van der Waals surface area contributed by atoms with Crippen molar-refractivity contribution in [2.75, 3.05) is 13.7 Å². The molecule has 0 unspecified atom stereocenters. The number of benzene rings is 1. The highest BCUT2D eigenvalue weighted by molar-refractivity contribution is 9.10. The molecular formula is C17H21BrN2O2S. The Morgan fingerprint density at radius 2 is 2.17 bits per heavy atom. The molecule has 1 aliphatic rings. The average Bonchev–Trinajstić information content (AvgIpc) is 2.89. The second-order valence-corrected chi connectivity index (χ2v) is 7.85. The Balaban J connectivity index is 2.00. The van der Waals surface area contributed by atoms with Crippen LogP contribution in [0.15, 0.2) is 27.7 Å². The summed E-state index contributed by atoms with van der Waals surface area (Å²) in [4.78, 5) is 17.8. The van der Waals surface area contributed by atoms with Crippen LogP contribution in [0.2, 0.25) is 0 Å². The van der Waals surface area contributed by atoms with Gasteiger partial charge in [-0.05, 0) is 31.0 Å². The Hall–Kier alpha value is -0.980. The lowest BCUT2D eigenvalue weighted by atomic mass is 9.89. The third-order valence-electron chi connectivity index (χ3n) is 4.32. The van der Waals surface area contributed by atoms with E-state index in [0.717, 1.165) is 45.2 Å². The fourth-order valence-corrected chi connectivity index (χ4v) is 4.68. The number of halogens is 1. The van der Waals surface area contributed by atoms with Gasteiger partial charge in [0.2, 0.25) is 0 Å². The molecule has 1 aromatic heterocycles. The number of rotatable bonds is 4. The van der Waals surface area contributed by atoms with Crippen LogP contribution in [0.3, 0.4) is 0 Å². The molecule has 0 atom stereocenters. The quantitative estimate of drug-likeness (QED) is 0.779. The number of thiazole rings is 1. The van der Waals surface area contributed by atoms with E-state index in [1.54, 1.807) is 18.4 Å². The molecule has 0 aliphatic heterocycles. The lowest BCUT2D eigenvalue weighted by Crippen LogP contribution is -2.23. The van der Waals surface area contributed by atoms with E-state index >= 15 is 0 Å². The number of fused-ring (bicyclic) bond motifs is 1. The molecule has 3 rings (SSSR count). The lowest BCUT2D eigenvalue weighted by Gasteiger charge is -2.17. The first-order chi connectivity index (χ1) is 11.2. The van der Waals surface area contributed by atoms with Crippen molar-refractivity contribution in [1.29, 1.82) is 0 Å². The maximum atomic E-state index is 12.5. The van der Waals surface area contributed by atoms with Crippen LogP contribution >= 0.6 is 27.3 Å². The summed E-state index contributed by atoms with van der Waals surface area (Å²) in [6.07, 6.45) is 5.51. The van der Waals surface area contributed by atoms with Crippen molar-refractivity contribution in [3.8, 4) is 0 Å². The average molecular weight is 397 g/mol. The van der Waals surface area contributed by atoms with Crippen LogP contribution in [0.5, 0.6) is 0 Å². The van der Waals surface area contributed by atoms with E-state index in [1.807, 2.05) is 6.07 Å². The van der Waals surface area contributed by atoms with Gasteiger partial charge in [-0.25, -0.2) is 0 Å². The predicted octanol–water partition coefficient (Wildman–Crippen LogP) is 4.12. The van der Waals surface area contributed by atoms with Crippen molar-refractivity contribution in [2.24, 2.45) is 10.9 Å². The Morgan fingerprint density at radius 1 is 1.39 bits per heavy atom. The third-order valence-corrected chi connectivity index (χ3v) is 5.86. The van der Waals surface area contributed by atoms with Gasteiger partial charge < -0.3 is 9.30 Å². The summed E-state index contributed by atoms with van der Waals surface area (Å²) >= 11 is 5.08. The van der Waals surface area contributed by atoms with Crippen LogP contribution in [-0.2, 0) is 16.1 Å². The maximum Gasteiger partial charge on any atom is 0.251 e. The molecule has 23 heavy (non-hydrogen) atoms. The number of hydrogen-bond donors (Lipinski definition) is 0. The van der Waals surface area contributed by atoms with Crippen molar-refractivity contribution in [1.82, 2.24) is 4.57 Å². The summed E-state index contributed by atoms with van der Waals surface area (Å²) in [5, 5.41) is 0. The smallest absolute Gasteiger partial charge is 0.251 e. The molecule has 124 valence electrons. The maximum absolute atomic E-state index is 12.5. The normalized spacial score (nSPS) is 17.0. The van der Waals surface area contributed by atoms with Crippen molar-refractivity contribution in [3.63, 3.8) is 0 Å². The monoisotopic (exact) mass is 396 g/mol. The minimum absolute atomic E-state index is 0.0430. The highest BCUT2D eigenvalue weighted by atomic mass is 79.9. The highest BCUT2D eigenvalue weighted by Gasteiger charge is 2.21. The minimum Gasteiger partial charge on any atom is -0.383 e. The summed E-state index contributed by atoms with van der Waals surface area (Å²) in [5.41, 5.74) is 1.10. The molecule has 4 nitrogen and oxygen atoms in total. The summed E-state index contributed by atoms with van der Waals surface area (Å²) in [7, 11) is 1.69. The molecule has 1 fully saturated rings. The molecule has 0 bridgehead atoms. The zero-order valence-electron chi connectivity index (χ0n) is 13.3. The van der Waals surface area contributed by atoms with Crippen molar-refractivity contribution in [3.05, 3.63) is 27.5 Å². The number of amides is 1. The standard InChI is InChI=1S/C17H21BrN2O2S/c1-22-10-9-20-14-8-7-13(18)11-15(14)23-17(20)19-16(21)12-5-3-2-4-6-12/h7-8,11-12H,2-6,9-10H2,1H3. The van der Waals surface area contributed by atoms with E-state index < -0.39 is 0 Å². The van der Waals surface area contributed by atoms with Gasteiger partial charge in [-0.3, -0.25) is 4.79 Å². The molecule has 0 N–H and O–H groups in total. The first-order valence-electron chi connectivity index (χ1n) is 8.05. The Bertz CT molecular complexity index is 760. The van der Waals surface area contributed by atoms with Gasteiger partial charge in [0.1, 0.15) is 0 Å². The van der Waals surface area contributed by atoms with Gasteiger partial charge >= 0.3 is 0 Å². The molecule has 0 saturated heterocycles. The molecule has 1 saturated carbocycles. The van der Waals surface area contributed by atoms with Gasteiger partial charge in [-0.2, -0.15) is 4.99 Å². The highest BCUT2D eigenvalue weighted by Crippen LogP contribution is 2.25. The largest absolute Gasteiger partial charge is 0.383 e. The third kappa shape index (κ3) is 3.92. The Labute approximate surface area is 148 Å². The first kappa shape index (κ1) is 16.9. The van der Waals surface area contributed by atoms with E-state index in [1.165, 1.54) is 6.42 Å². The summed E-state index contributed by atoms with van der Waals surface area (Å²) in [6, 6.07) is 6.16. The topological polar surface area (TPSA) is 43.6 Å². The fourth-order valence-electron chi connectivity index (χ4n) is 3.07. The first-order valence-corrected chi connectivity index (χ1v) is 9.66. The van der Waals surface area contributed by atoms with Gasteiger partial charge in [0.25, 0.3) is 5.91 Å². The van der Waals surface area contributed by atoms with Gasteiger partial charge in [0.15, 0.2) is 4.80 Å². The SMILES string of the molecule is COCCn1c(=NC(=O)C2CCCCC2)sc2cc(Br)ccc21. The van der Waals surface area contributed by atoms with Crippen LogP contribution in [-0.4, -0.2) is 24.2 Å². The van der Waals surface area contributed by atoms with Crippen LogP contribution < -0.4 is 4.80 Å². The number of methoxy groups -OCH3 is 1. The molecular weight excluding hydrogens is 376 g/mol. The molecule has 6 heteroatoms. The molecule has 2 aromatic rings. The van der Waals surface area contributed by atoms with Crippen molar-refractivity contribution < 1.29 is 9.53 Å². The van der Waals surface area contributed by atoms with Crippen molar-refractivity contribution >= 4 is 43.4 Å². The summed E-state index contributed by atoms with van der Waals surface area (Å²) < 4.78 is 9.47. The molecule has 1 amide bonds. The Kier molecular flexibility index (Phi) is 5.67. The molecule has 0 radical (unpaired) electrons. The number of nitrogens with zero attached hydrogens (tertiary/aromatic N) is 2. The molecule has 1 aliphatic carbocycles. The van der Waals surface area contributed by atoms with Crippen LogP contribution in [0, 0.1) is 5.92 Å². The van der Waals surface area contributed by atoms with E-state index in [0.29, 0.717) is 13.2 Å². The van der Waals surface area contributed by atoms with Gasteiger partial charge in [-0.1, -0.05) is 46.5 Å². The van der Waals surface area contributed by atoms with Crippen LogP contribution in [0.1, 0.15) is 32.1 Å². The zero-order chi connectivity index (χ0) is 16.2. The van der Waals surface area contributed by atoms with Gasteiger partial charge in [0, 0.05) is 24.0 Å². The van der Waals surface area contributed by atoms with E-state index in [-0.39, 0.29) is 11.8 Å². The van der Waals surface area contributed by atoms with Gasteiger partial charge in [-0.15, -0.1) is 0 Å². The second kappa shape index (κ2) is 7.73. The number of carbonyl (C=O) groups is 1. The zero-order valence-corrected chi connectivity index (χ0v) is 15.7. The van der Waals surface area contributed by atoms with Gasteiger partial charge in [0.05, 0.1) is 16.8 Å². The van der Waals surface area contributed by atoms with E-state index in [2.05, 4.69) is 37.6 Å². The molecule has 0 spiro atoms. The second-order valence-electron chi connectivity index (χ2n) is 5.93. The fraction of sp³-hybridized carbons (Fsp3) is 0.529. The Morgan fingerprint density at radius 3 is 2.91 bits per heavy atom.